The summed E-state index contributed by atoms with van der Waals surface area (Å²) in [5, 5.41) is 13.9. The molecule has 0 bridgehead atoms. The summed E-state index contributed by atoms with van der Waals surface area (Å²) >= 11 is 0. The summed E-state index contributed by atoms with van der Waals surface area (Å²) in [7, 11) is 0. The van der Waals surface area contributed by atoms with Crippen LogP contribution in [0, 0.1) is 5.92 Å². The van der Waals surface area contributed by atoms with Crippen molar-refractivity contribution >= 4 is 16.9 Å². The zero-order chi connectivity index (χ0) is 21.2. The maximum absolute atomic E-state index is 12.6. The Balaban J connectivity index is 1.95. The molecule has 0 fully saturated rings. The average molecular weight is 408 g/mol. The van der Waals surface area contributed by atoms with Gasteiger partial charge in [-0.2, -0.15) is 5.10 Å². The SMILES string of the molecule is CC(C)COc1ccc(OC(F)(F)F)cc1Cn1ncc2cc(C(=O)O)ccc21. The predicted molar refractivity (Wildman–Crippen MR) is 99.3 cm³/mol. The van der Waals surface area contributed by atoms with Crippen molar-refractivity contribution in [2.75, 3.05) is 6.61 Å². The van der Waals surface area contributed by atoms with Gasteiger partial charge >= 0.3 is 12.3 Å². The number of nitrogens with zero attached hydrogens (tertiary/aromatic N) is 2. The smallest absolute Gasteiger partial charge is 0.493 e. The van der Waals surface area contributed by atoms with Gasteiger partial charge in [0.25, 0.3) is 0 Å². The first kappa shape index (κ1) is 20.5. The van der Waals surface area contributed by atoms with Crippen LogP contribution in [0.1, 0.15) is 29.8 Å². The van der Waals surface area contributed by atoms with Crippen LogP contribution < -0.4 is 9.47 Å². The van der Waals surface area contributed by atoms with Crippen LogP contribution in [0.15, 0.2) is 42.6 Å². The molecule has 0 aliphatic heterocycles. The second kappa shape index (κ2) is 8.02. The van der Waals surface area contributed by atoms with Gasteiger partial charge in [-0.3, -0.25) is 4.68 Å². The first-order valence-corrected chi connectivity index (χ1v) is 8.83. The minimum Gasteiger partial charge on any atom is -0.493 e. The highest BCUT2D eigenvalue weighted by atomic mass is 19.4. The van der Waals surface area contributed by atoms with Gasteiger partial charge in [0, 0.05) is 10.9 Å². The molecule has 9 heteroatoms. The molecular formula is C20H19F3N2O4. The third-order valence-corrected chi connectivity index (χ3v) is 4.05. The topological polar surface area (TPSA) is 73.6 Å². The van der Waals surface area contributed by atoms with Crippen LogP contribution in [0.4, 0.5) is 13.2 Å². The monoisotopic (exact) mass is 408 g/mol. The van der Waals surface area contributed by atoms with Gasteiger partial charge in [0.15, 0.2) is 0 Å². The highest BCUT2D eigenvalue weighted by molar-refractivity contribution is 5.93. The van der Waals surface area contributed by atoms with Crippen LogP contribution in [-0.4, -0.2) is 33.8 Å². The van der Waals surface area contributed by atoms with Gasteiger partial charge in [0.1, 0.15) is 11.5 Å². The molecule has 1 heterocycles. The lowest BCUT2D eigenvalue weighted by Gasteiger charge is -2.16. The van der Waals surface area contributed by atoms with E-state index < -0.39 is 12.3 Å². The fourth-order valence-corrected chi connectivity index (χ4v) is 2.78. The zero-order valence-corrected chi connectivity index (χ0v) is 15.7. The van der Waals surface area contributed by atoms with Gasteiger partial charge in [0.05, 0.1) is 30.4 Å². The molecule has 0 saturated carbocycles. The molecule has 0 aliphatic rings. The van der Waals surface area contributed by atoms with Crippen LogP contribution in [0.2, 0.25) is 0 Å². The molecule has 3 aromatic rings. The Morgan fingerprint density at radius 3 is 2.62 bits per heavy atom. The molecule has 6 nitrogen and oxygen atoms in total. The van der Waals surface area contributed by atoms with Gasteiger partial charge in [-0.05, 0) is 42.3 Å². The first-order chi connectivity index (χ1) is 13.6. The van der Waals surface area contributed by atoms with Crippen molar-refractivity contribution in [3.63, 3.8) is 0 Å². The van der Waals surface area contributed by atoms with Crippen LogP contribution in [0.25, 0.3) is 10.9 Å². The van der Waals surface area contributed by atoms with Crippen molar-refractivity contribution in [1.82, 2.24) is 9.78 Å². The largest absolute Gasteiger partial charge is 0.573 e. The minimum absolute atomic E-state index is 0.123. The van der Waals surface area contributed by atoms with Gasteiger partial charge in [-0.15, -0.1) is 13.2 Å². The normalized spacial score (nSPS) is 11.8. The Kier molecular flexibility index (Phi) is 5.67. The summed E-state index contributed by atoms with van der Waals surface area (Å²) < 4.78 is 49.1. The fourth-order valence-electron chi connectivity index (χ4n) is 2.78. The molecule has 0 saturated heterocycles. The summed E-state index contributed by atoms with van der Waals surface area (Å²) in [6, 6.07) is 8.45. The van der Waals surface area contributed by atoms with Crippen molar-refractivity contribution in [3.8, 4) is 11.5 Å². The molecule has 3 rings (SSSR count). The number of carbonyl (C=O) groups is 1. The Morgan fingerprint density at radius 2 is 1.97 bits per heavy atom. The maximum atomic E-state index is 12.6. The molecule has 0 aliphatic carbocycles. The number of carboxylic acid groups (broad SMARTS) is 1. The number of alkyl halides is 3. The summed E-state index contributed by atoms with van der Waals surface area (Å²) in [6.45, 7) is 4.44. The third kappa shape index (κ3) is 5.18. The molecule has 0 atom stereocenters. The number of halogens is 3. The number of fused-ring (bicyclic) bond motifs is 1. The lowest BCUT2D eigenvalue weighted by atomic mass is 10.1. The number of hydrogen-bond acceptors (Lipinski definition) is 4. The standard InChI is InChI=1S/C20H19F3N2O4/c1-12(2)11-28-18-6-4-16(29-20(21,22)23)8-15(18)10-25-17-5-3-13(19(26)27)7-14(17)9-24-25/h3-9,12H,10-11H2,1-2H3,(H,26,27). The van der Waals surface area contributed by atoms with Crippen molar-refractivity contribution in [2.45, 2.75) is 26.8 Å². The van der Waals surface area contributed by atoms with E-state index in [1.807, 2.05) is 13.8 Å². The molecule has 2 aromatic carbocycles. The van der Waals surface area contributed by atoms with Crippen molar-refractivity contribution in [1.29, 1.82) is 0 Å². The second-order valence-corrected chi connectivity index (χ2v) is 6.90. The molecule has 0 radical (unpaired) electrons. The molecule has 154 valence electrons. The lowest BCUT2D eigenvalue weighted by molar-refractivity contribution is -0.274. The molecule has 1 N–H and O–H groups in total. The van der Waals surface area contributed by atoms with E-state index in [1.165, 1.54) is 36.5 Å². The van der Waals surface area contributed by atoms with Gasteiger partial charge < -0.3 is 14.6 Å². The maximum Gasteiger partial charge on any atom is 0.573 e. The van der Waals surface area contributed by atoms with Gasteiger partial charge in [0.2, 0.25) is 0 Å². The predicted octanol–water partition coefficient (Wildman–Crippen LogP) is 4.72. The van der Waals surface area contributed by atoms with Gasteiger partial charge in [-0.1, -0.05) is 13.8 Å². The van der Waals surface area contributed by atoms with Crippen LogP contribution in [-0.2, 0) is 6.54 Å². The second-order valence-electron chi connectivity index (χ2n) is 6.90. The first-order valence-electron chi connectivity index (χ1n) is 8.83. The average Bonchev–Trinajstić information content (AvgIpc) is 3.01. The van der Waals surface area contributed by atoms with E-state index in [4.69, 9.17) is 9.84 Å². The number of ether oxygens (including phenoxy) is 2. The van der Waals surface area contributed by atoms with Crippen molar-refractivity contribution in [2.24, 2.45) is 5.92 Å². The highest BCUT2D eigenvalue weighted by Gasteiger charge is 2.31. The van der Waals surface area contributed by atoms with E-state index in [0.717, 1.165) is 0 Å². The highest BCUT2D eigenvalue weighted by Crippen LogP contribution is 2.30. The molecule has 0 amide bonds. The number of aromatic carboxylic acids is 1. The van der Waals surface area contributed by atoms with Crippen molar-refractivity contribution in [3.05, 3.63) is 53.7 Å². The summed E-state index contributed by atoms with van der Waals surface area (Å²) in [6.07, 6.45) is -3.30. The van der Waals surface area contributed by atoms with E-state index in [9.17, 15) is 18.0 Å². The number of rotatable bonds is 7. The zero-order valence-electron chi connectivity index (χ0n) is 15.7. The Labute approximate surface area is 164 Å². The lowest BCUT2D eigenvalue weighted by Crippen LogP contribution is -2.17. The van der Waals surface area contributed by atoms with E-state index in [2.05, 4.69) is 9.84 Å². The molecule has 29 heavy (non-hydrogen) atoms. The molecule has 1 aromatic heterocycles. The Morgan fingerprint density at radius 1 is 1.21 bits per heavy atom. The van der Waals surface area contributed by atoms with Gasteiger partial charge in [-0.25, -0.2) is 4.79 Å². The molecule has 0 unspecified atom stereocenters. The number of benzene rings is 2. The van der Waals surface area contributed by atoms with Crippen LogP contribution >= 0.6 is 0 Å². The Bertz CT molecular complexity index is 1030. The minimum atomic E-state index is -4.80. The fraction of sp³-hybridized carbons (Fsp3) is 0.300. The number of hydrogen-bond donors (Lipinski definition) is 1. The van der Waals surface area contributed by atoms with E-state index in [0.29, 0.717) is 28.8 Å². The summed E-state index contributed by atoms with van der Waals surface area (Å²) in [5.41, 5.74) is 1.23. The summed E-state index contributed by atoms with van der Waals surface area (Å²) in [5.74, 6) is -0.747. The van der Waals surface area contributed by atoms with Crippen molar-refractivity contribution < 1.29 is 32.5 Å². The molecular weight excluding hydrogens is 389 g/mol. The van der Waals surface area contributed by atoms with Crippen LogP contribution in [0.5, 0.6) is 11.5 Å². The summed E-state index contributed by atoms with van der Waals surface area (Å²) in [4.78, 5) is 11.1. The van der Waals surface area contributed by atoms with E-state index in [1.54, 1.807) is 10.7 Å². The quantitative estimate of drug-likeness (QED) is 0.613. The van der Waals surface area contributed by atoms with E-state index in [-0.39, 0.29) is 23.8 Å². The molecule has 0 spiro atoms. The Hall–Kier alpha value is -3.23. The third-order valence-electron chi connectivity index (χ3n) is 4.05. The van der Waals surface area contributed by atoms with E-state index >= 15 is 0 Å². The number of carboxylic acids is 1. The van der Waals surface area contributed by atoms with Crippen LogP contribution in [0.3, 0.4) is 0 Å². The number of aromatic nitrogens is 2.